The standard InChI is InChI=1S/C19H14Cl3N3O3/c20-19(21,22)18(23-16-7-3-5-12-4-1-2-6-15(12)16)24-17(26)13-8-10-14(11-9-13)25(27)28/h1-11,18,23H,(H,24,26)/t18-/m0/s1. The fourth-order valence-electron chi connectivity index (χ4n) is 2.66. The van der Waals surface area contributed by atoms with E-state index in [1.54, 1.807) is 0 Å². The monoisotopic (exact) mass is 437 g/mol. The van der Waals surface area contributed by atoms with Crippen LogP contribution in [0, 0.1) is 10.1 Å². The summed E-state index contributed by atoms with van der Waals surface area (Å²) in [4.78, 5) is 22.7. The lowest BCUT2D eigenvalue weighted by Gasteiger charge is -2.28. The fraction of sp³-hybridized carbons (Fsp3) is 0.105. The summed E-state index contributed by atoms with van der Waals surface area (Å²) in [5.74, 6) is -0.543. The van der Waals surface area contributed by atoms with E-state index in [2.05, 4.69) is 10.6 Å². The molecule has 1 atom stereocenters. The van der Waals surface area contributed by atoms with Crippen LogP contribution in [0.3, 0.4) is 0 Å². The number of nitrogens with one attached hydrogen (secondary N) is 2. The van der Waals surface area contributed by atoms with Crippen LogP contribution in [0.4, 0.5) is 11.4 Å². The number of hydrogen-bond acceptors (Lipinski definition) is 4. The number of hydrogen-bond donors (Lipinski definition) is 2. The first-order chi connectivity index (χ1) is 13.3. The molecule has 0 aromatic heterocycles. The molecule has 0 radical (unpaired) electrons. The van der Waals surface area contributed by atoms with Gasteiger partial charge in [-0.25, -0.2) is 0 Å². The molecule has 1 amide bonds. The van der Waals surface area contributed by atoms with Crippen LogP contribution in [-0.2, 0) is 0 Å². The molecule has 9 heteroatoms. The fourth-order valence-corrected chi connectivity index (χ4v) is 2.98. The summed E-state index contributed by atoms with van der Waals surface area (Å²) in [6.45, 7) is 0. The van der Waals surface area contributed by atoms with Gasteiger partial charge in [-0.2, -0.15) is 0 Å². The Labute approximate surface area is 175 Å². The maximum Gasteiger partial charge on any atom is 0.269 e. The molecule has 0 bridgehead atoms. The van der Waals surface area contributed by atoms with E-state index in [4.69, 9.17) is 34.8 Å². The molecular weight excluding hydrogens is 425 g/mol. The molecule has 0 aliphatic carbocycles. The van der Waals surface area contributed by atoms with E-state index in [1.165, 1.54) is 24.3 Å². The van der Waals surface area contributed by atoms with Gasteiger partial charge in [-0.1, -0.05) is 71.2 Å². The second-order valence-electron chi connectivity index (χ2n) is 5.92. The molecule has 0 unspecified atom stereocenters. The van der Waals surface area contributed by atoms with Gasteiger partial charge in [0.05, 0.1) is 4.92 Å². The zero-order valence-corrected chi connectivity index (χ0v) is 16.5. The van der Waals surface area contributed by atoms with Gasteiger partial charge in [0.2, 0.25) is 3.79 Å². The van der Waals surface area contributed by atoms with Crippen molar-refractivity contribution in [2.75, 3.05) is 5.32 Å². The van der Waals surface area contributed by atoms with Crippen LogP contribution in [0.15, 0.2) is 66.7 Å². The molecule has 3 aromatic rings. The number of fused-ring (bicyclic) bond motifs is 1. The van der Waals surface area contributed by atoms with Gasteiger partial charge >= 0.3 is 0 Å². The van der Waals surface area contributed by atoms with E-state index in [9.17, 15) is 14.9 Å². The number of nitro groups is 1. The Morgan fingerprint density at radius 3 is 2.25 bits per heavy atom. The maximum atomic E-state index is 12.5. The normalized spacial score (nSPS) is 12.4. The second kappa shape index (κ2) is 8.22. The van der Waals surface area contributed by atoms with Gasteiger partial charge in [0.15, 0.2) is 0 Å². The summed E-state index contributed by atoms with van der Waals surface area (Å²) < 4.78 is -1.85. The molecule has 3 aromatic carbocycles. The van der Waals surface area contributed by atoms with Crippen molar-refractivity contribution in [3.05, 3.63) is 82.4 Å². The van der Waals surface area contributed by atoms with E-state index < -0.39 is 20.8 Å². The van der Waals surface area contributed by atoms with Crippen LogP contribution in [0.5, 0.6) is 0 Å². The molecule has 0 fully saturated rings. The molecule has 144 valence electrons. The van der Waals surface area contributed by atoms with Crippen molar-refractivity contribution in [1.29, 1.82) is 0 Å². The molecule has 2 N–H and O–H groups in total. The minimum atomic E-state index is -1.85. The molecule has 0 saturated carbocycles. The van der Waals surface area contributed by atoms with Gasteiger partial charge in [0.25, 0.3) is 11.6 Å². The van der Waals surface area contributed by atoms with Gasteiger partial charge in [-0.3, -0.25) is 14.9 Å². The van der Waals surface area contributed by atoms with Gasteiger partial charge in [0.1, 0.15) is 6.17 Å². The van der Waals surface area contributed by atoms with Gasteiger partial charge in [-0.15, -0.1) is 0 Å². The van der Waals surface area contributed by atoms with Crippen molar-refractivity contribution >= 4 is 62.9 Å². The van der Waals surface area contributed by atoms with E-state index in [0.717, 1.165) is 10.8 Å². The lowest BCUT2D eigenvalue weighted by molar-refractivity contribution is -0.384. The Hall–Kier alpha value is -2.54. The SMILES string of the molecule is O=C(N[C@H](Nc1cccc2ccccc12)C(Cl)(Cl)Cl)c1ccc([N+](=O)[O-])cc1. The molecule has 0 saturated heterocycles. The topological polar surface area (TPSA) is 84.3 Å². The number of halogens is 3. The highest BCUT2D eigenvalue weighted by atomic mass is 35.6. The maximum absolute atomic E-state index is 12.5. The number of benzene rings is 3. The minimum absolute atomic E-state index is 0.122. The van der Waals surface area contributed by atoms with Crippen LogP contribution in [0.2, 0.25) is 0 Å². The molecular formula is C19H14Cl3N3O3. The van der Waals surface area contributed by atoms with Gasteiger partial charge in [-0.05, 0) is 23.6 Å². The number of nitrogens with zero attached hydrogens (tertiary/aromatic N) is 1. The number of alkyl halides is 3. The van der Waals surface area contributed by atoms with Crippen LogP contribution >= 0.6 is 34.8 Å². The Morgan fingerprint density at radius 2 is 1.61 bits per heavy atom. The van der Waals surface area contributed by atoms with E-state index in [0.29, 0.717) is 5.69 Å². The lowest BCUT2D eigenvalue weighted by atomic mass is 10.1. The Kier molecular flexibility index (Phi) is 5.93. The summed E-state index contributed by atoms with van der Waals surface area (Å²) in [6, 6.07) is 18.4. The van der Waals surface area contributed by atoms with Gasteiger partial charge in [0, 0.05) is 28.8 Å². The largest absolute Gasteiger partial charge is 0.361 e. The second-order valence-corrected chi connectivity index (χ2v) is 8.29. The lowest BCUT2D eigenvalue weighted by Crippen LogP contribution is -2.49. The van der Waals surface area contributed by atoms with E-state index in [-0.39, 0.29) is 11.3 Å². The molecule has 0 heterocycles. The summed E-state index contributed by atoms with van der Waals surface area (Å²) in [6.07, 6.45) is -1.05. The summed E-state index contributed by atoms with van der Waals surface area (Å²) in [5, 5.41) is 18.3. The quantitative estimate of drug-likeness (QED) is 0.245. The average molecular weight is 439 g/mol. The number of nitro benzene ring substituents is 1. The summed E-state index contributed by atoms with van der Waals surface area (Å²) in [5.41, 5.74) is 0.756. The predicted octanol–water partition coefficient (Wildman–Crippen LogP) is 5.29. The Bertz CT molecular complexity index is 1010. The van der Waals surface area contributed by atoms with E-state index in [1.807, 2.05) is 42.5 Å². The highest BCUT2D eigenvalue weighted by molar-refractivity contribution is 6.68. The Balaban J connectivity index is 1.84. The number of carbonyl (C=O) groups is 1. The van der Waals surface area contributed by atoms with E-state index >= 15 is 0 Å². The number of rotatable bonds is 5. The van der Waals surface area contributed by atoms with Crippen molar-refractivity contribution < 1.29 is 9.72 Å². The smallest absolute Gasteiger partial charge is 0.269 e. The number of carbonyl (C=O) groups excluding carboxylic acids is 1. The molecule has 28 heavy (non-hydrogen) atoms. The molecule has 3 rings (SSSR count). The summed E-state index contributed by atoms with van der Waals surface area (Å²) >= 11 is 18.2. The van der Waals surface area contributed by atoms with Crippen LogP contribution in [-0.4, -0.2) is 20.8 Å². The first kappa shape index (κ1) is 20.2. The predicted molar refractivity (Wildman–Crippen MR) is 112 cm³/mol. The van der Waals surface area contributed by atoms with Gasteiger partial charge < -0.3 is 10.6 Å². The van der Waals surface area contributed by atoms with Crippen molar-refractivity contribution in [3.63, 3.8) is 0 Å². The van der Waals surface area contributed by atoms with Crippen molar-refractivity contribution in [1.82, 2.24) is 5.32 Å². The molecule has 6 nitrogen and oxygen atoms in total. The number of non-ortho nitro benzene ring substituents is 1. The first-order valence-electron chi connectivity index (χ1n) is 8.12. The van der Waals surface area contributed by atoms with Crippen LogP contribution < -0.4 is 10.6 Å². The first-order valence-corrected chi connectivity index (χ1v) is 9.25. The number of amides is 1. The zero-order chi connectivity index (χ0) is 20.3. The minimum Gasteiger partial charge on any atom is -0.361 e. The van der Waals surface area contributed by atoms with Crippen molar-refractivity contribution in [3.8, 4) is 0 Å². The summed E-state index contributed by atoms with van der Waals surface area (Å²) in [7, 11) is 0. The average Bonchev–Trinajstić information content (AvgIpc) is 2.67. The zero-order valence-electron chi connectivity index (χ0n) is 14.2. The third-order valence-electron chi connectivity index (χ3n) is 4.03. The molecule has 0 spiro atoms. The molecule has 0 aliphatic heterocycles. The Morgan fingerprint density at radius 1 is 0.964 bits per heavy atom. The van der Waals surface area contributed by atoms with Crippen molar-refractivity contribution in [2.45, 2.75) is 9.96 Å². The number of anilines is 1. The third kappa shape index (κ3) is 4.65. The highest BCUT2D eigenvalue weighted by Gasteiger charge is 2.34. The van der Waals surface area contributed by atoms with Crippen LogP contribution in [0.25, 0.3) is 10.8 Å². The highest BCUT2D eigenvalue weighted by Crippen LogP contribution is 2.33. The van der Waals surface area contributed by atoms with Crippen molar-refractivity contribution in [2.24, 2.45) is 0 Å². The molecule has 0 aliphatic rings. The third-order valence-corrected chi connectivity index (χ3v) is 4.69. The van der Waals surface area contributed by atoms with Crippen LogP contribution in [0.1, 0.15) is 10.4 Å².